The maximum atomic E-state index is 9.73. The summed E-state index contributed by atoms with van der Waals surface area (Å²) in [5.74, 6) is 3.97. The molecule has 1 aromatic carbocycles. The number of ether oxygens (including phenoxy) is 2. The summed E-state index contributed by atoms with van der Waals surface area (Å²) in [4.78, 5) is 0. The highest BCUT2D eigenvalue weighted by Gasteiger charge is 2.16. The first-order valence-electron chi connectivity index (χ1n) is 5.01. The highest BCUT2D eigenvalue weighted by Crippen LogP contribution is 2.37. The predicted molar refractivity (Wildman–Crippen MR) is 59.4 cm³/mol. The molecular formula is C12H13NO3. The van der Waals surface area contributed by atoms with Crippen molar-refractivity contribution in [3.63, 3.8) is 0 Å². The van der Waals surface area contributed by atoms with Crippen LogP contribution >= 0.6 is 0 Å². The molecule has 0 fully saturated rings. The van der Waals surface area contributed by atoms with Crippen LogP contribution in [0.3, 0.4) is 0 Å². The molecule has 1 atom stereocenters. The van der Waals surface area contributed by atoms with Gasteiger partial charge in [-0.05, 0) is 13.0 Å². The minimum atomic E-state index is -0.0372. The van der Waals surface area contributed by atoms with Crippen LogP contribution in [0.2, 0.25) is 0 Å². The number of benzene rings is 1. The molecule has 0 saturated heterocycles. The van der Waals surface area contributed by atoms with Gasteiger partial charge in [0.2, 0.25) is 6.79 Å². The van der Waals surface area contributed by atoms with Crippen molar-refractivity contribution < 1.29 is 14.6 Å². The van der Waals surface area contributed by atoms with Gasteiger partial charge in [0.05, 0.1) is 6.04 Å². The number of rotatable bonds is 3. The van der Waals surface area contributed by atoms with Crippen molar-refractivity contribution in [1.82, 2.24) is 5.32 Å². The number of hydrogen-bond acceptors (Lipinski definition) is 4. The number of nitrogens with one attached hydrogen (secondary N) is 1. The molecule has 1 heterocycles. The molecule has 1 aliphatic heterocycles. The molecule has 1 aromatic rings. The number of hydrogen-bond donors (Lipinski definition) is 2. The Hall–Kier alpha value is -1.86. The van der Waals surface area contributed by atoms with Gasteiger partial charge in [-0.1, -0.05) is 5.92 Å². The number of terminal acetylenes is 1. The molecule has 2 N–H and O–H groups in total. The Morgan fingerprint density at radius 1 is 1.50 bits per heavy atom. The minimum absolute atomic E-state index is 0.0372. The number of phenols is 1. The van der Waals surface area contributed by atoms with Gasteiger partial charge >= 0.3 is 0 Å². The summed E-state index contributed by atoms with van der Waals surface area (Å²) in [7, 11) is 0. The third-order valence-corrected chi connectivity index (χ3v) is 2.42. The predicted octanol–water partition coefficient (Wildman–Crippen LogP) is 1.23. The minimum Gasteiger partial charge on any atom is -0.507 e. The van der Waals surface area contributed by atoms with E-state index in [1.807, 2.05) is 6.92 Å². The first-order chi connectivity index (χ1) is 7.70. The normalized spacial score (nSPS) is 14.5. The van der Waals surface area contributed by atoms with E-state index in [1.54, 1.807) is 12.1 Å². The van der Waals surface area contributed by atoms with Crippen molar-refractivity contribution in [1.29, 1.82) is 0 Å². The van der Waals surface area contributed by atoms with E-state index < -0.39 is 0 Å². The maximum absolute atomic E-state index is 9.73. The highest BCUT2D eigenvalue weighted by molar-refractivity contribution is 5.51. The Morgan fingerprint density at radius 2 is 2.19 bits per heavy atom. The molecular weight excluding hydrogens is 206 g/mol. The van der Waals surface area contributed by atoms with Crippen LogP contribution < -0.4 is 14.8 Å². The van der Waals surface area contributed by atoms with E-state index >= 15 is 0 Å². The SMILES string of the molecule is C#CC(C)NCc1cc2c(cc1O)OCO2. The first kappa shape index (κ1) is 10.7. The zero-order chi connectivity index (χ0) is 11.5. The molecule has 0 aliphatic carbocycles. The fourth-order valence-electron chi connectivity index (χ4n) is 1.44. The summed E-state index contributed by atoms with van der Waals surface area (Å²) in [6, 6.07) is 3.28. The van der Waals surface area contributed by atoms with Gasteiger partial charge < -0.3 is 14.6 Å². The van der Waals surface area contributed by atoms with E-state index in [9.17, 15) is 5.11 Å². The molecule has 0 spiro atoms. The lowest BCUT2D eigenvalue weighted by Crippen LogP contribution is -2.23. The quantitative estimate of drug-likeness (QED) is 0.751. The molecule has 1 aliphatic rings. The average Bonchev–Trinajstić information content (AvgIpc) is 2.72. The molecule has 2 rings (SSSR count). The van der Waals surface area contributed by atoms with Crippen molar-refractivity contribution in [2.75, 3.05) is 6.79 Å². The molecule has 4 heteroatoms. The number of fused-ring (bicyclic) bond motifs is 1. The largest absolute Gasteiger partial charge is 0.507 e. The van der Waals surface area contributed by atoms with Gasteiger partial charge in [0.25, 0.3) is 0 Å². The van der Waals surface area contributed by atoms with Crippen molar-refractivity contribution in [3.8, 4) is 29.6 Å². The summed E-state index contributed by atoms with van der Waals surface area (Å²) in [6.45, 7) is 2.57. The molecule has 0 amide bonds. The lowest BCUT2D eigenvalue weighted by Gasteiger charge is -2.09. The summed E-state index contributed by atoms with van der Waals surface area (Å²) in [5.41, 5.74) is 0.742. The zero-order valence-corrected chi connectivity index (χ0v) is 8.99. The van der Waals surface area contributed by atoms with Gasteiger partial charge in [-0.15, -0.1) is 6.42 Å². The topological polar surface area (TPSA) is 50.7 Å². The van der Waals surface area contributed by atoms with E-state index in [4.69, 9.17) is 15.9 Å². The fourth-order valence-corrected chi connectivity index (χ4v) is 1.44. The van der Waals surface area contributed by atoms with Crippen LogP contribution in [0.1, 0.15) is 12.5 Å². The van der Waals surface area contributed by atoms with E-state index in [0.29, 0.717) is 18.0 Å². The van der Waals surface area contributed by atoms with Gasteiger partial charge in [0.15, 0.2) is 11.5 Å². The second kappa shape index (κ2) is 4.33. The van der Waals surface area contributed by atoms with Crippen LogP contribution in [0.25, 0.3) is 0 Å². The van der Waals surface area contributed by atoms with E-state index in [-0.39, 0.29) is 18.6 Å². The standard InChI is InChI=1S/C12H13NO3/c1-3-8(2)13-6-9-4-11-12(5-10(9)14)16-7-15-11/h1,4-5,8,13-14H,6-7H2,2H3. The second-order valence-corrected chi connectivity index (χ2v) is 3.60. The third kappa shape index (κ3) is 2.05. The molecule has 16 heavy (non-hydrogen) atoms. The summed E-state index contributed by atoms with van der Waals surface area (Å²) < 4.78 is 10.4. The number of phenolic OH excluding ortho intramolecular Hbond substituents is 1. The van der Waals surface area contributed by atoms with Gasteiger partial charge in [0, 0.05) is 18.2 Å². The maximum Gasteiger partial charge on any atom is 0.231 e. The van der Waals surface area contributed by atoms with Crippen LogP contribution in [0.15, 0.2) is 12.1 Å². The van der Waals surface area contributed by atoms with E-state index in [0.717, 1.165) is 5.56 Å². The van der Waals surface area contributed by atoms with Crippen LogP contribution in [0.4, 0.5) is 0 Å². The average molecular weight is 219 g/mol. The van der Waals surface area contributed by atoms with Crippen molar-refractivity contribution in [2.45, 2.75) is 19.5 Å². The number of aromatic hydroxyl groups is 1. The lowest BCUT2D eigenvalue weighted by atomic mass is 10.1. The molecule has 0 saturated carbocycles. The fraction of sp³-hybridized carbons (Fsp3) is 0.333. The summed E-state index contributed by atoms with van der Waals surface area (Å²) in [5, 5.41) is 12.8. The van der Waals surface area contributed by atoms with E-state index in [1.165, 1.54) is 0 Å². The van der Waals surface area contributed by atoms with Gasteiger partial charge in [-0.3, -0.25) is 5.32 Å². The first-order valence-corrected chi connectivity index (χ1v) is 5.01. The van der Waals surface area contributed by atoms with Gasteiger partial charge in [-0.2, -0.15) is 0 Å². The smallest absolute Gasteiger partial charge is 0.231 e. The Kier molecular flexibility index (Phi) is 2.88. The summed E-state index contributed by atoms with van der Waals surface area (Å²) >= 11 is 0. The van der Waals surface area contributed by atoms with Gasteiger partial charge in [0.1, 0.15) is 5.75 Å². The molecule has 0 bridgehead atoms. The van der Waals surface area contributed by atoms with Crippen LogP contribution in [-0.2, 0) is 6.54 Å². The van der Waals surface area contributed by atoms with Gasteiger partial charge in [-0.25, -0.2) is 0 Å². The Bertz CT molecular complexity index is 437. The van der Waals surface area contributed by atoms with Crippen LogP contribution in [-0.4, -0.2) is 17.9 Å². The van der Waals surface area contributed by atoms with Crippen molar-refractivity contribution >= 4 is 0 Å². The van der Waals surface area contributed by atoms with Crippen LogP contribution in [0, 0.1) is 12.3 Å². The Morgan fingerprint density at radius 3 is 2.88 bits per heavy atom. The van der Waals surface area contributed by atoms with Crippen molar-refractivity contribution in [2.24, 2.45) is 0 Å². The monoisotopic (exact) mass is 219 g/mol. The molecule has 0 radical (unpaired) electrons. The molecule has 84 valence electrons. The highest BCUT2D eigenvalue weighted by atomic mass is 16.7. The van der Waals surface area contributed by atoms with Crippen LogP contribution in [0.5, 0.6) is 17.2 Å². The second-order valence-electron chi connectivity index (χ2n) is 3.60. The third-order valence-electron chi connectivity index (χ3n) is 2.42. The zero-order valence-electron chi connectivity index (χ0n) is 8.99. The molecule has 1 unspecified atom stereocenters. The van der Waals surface area contributed by atoms with Crippen molar-refractivity contribution in [3.05, 3.63) is 17.7 Å². The Labute approximate surface area is 94.2 Å². The van der Waals surface area contributed by atoms with E-state index in [2.05, 4.69) is 11.2 Å². The summed E-state index contributed by atoms with van der Waals surface area (Å²) in [6.07, 6.45) is 5.24. The lowest BCUT2D eigenvalue weighted by molar-refractivity contribution is 0.174. The Balaban J connectivity index is 2.13. The molecule has 4 nitrogen and oxygen atoms in total. The molecule has 0 aromatic heterocycles.